The molecule has 9 heteroatoms. The first-order chi connectivity index (χ1) is 14.3. The molecule has 0 saturated carbocycles. The molecular weight excluding hydrogens is 425 g/mol. The molecule has 7 nitrogen and oxygen atoms in total. The maximum atomic E-state index is 13.2. The lowest BCUT2D eigenvalue weighted by molar-refractivity contribution is -0.195. The summed E-state index contributed by atoms with van der Waals surface area (Å²) < 4.78 is 42.3. The number of likely N-dealkylation sites (tertiary alicyclic amines) is 1. The number of rotatable bonds is 6. The number of halogens is 1. The van der Waals surface area contributed by atoms with Gasteiger partial charge in [0.1, 0.15) is 11.6 Å². The standard InChI is InChI=1S/C22H28FNO6S/c1-15-14-18(6-9-20(15)25)22(27,30-31(3,28)29)16(2)24-12-10-21(26,11-13-24)17-4-7-19(23)8-5-17/h4-9,14,16,25-27H,10-13H2,1-3H3. The van der Waals surface area contributed by atoms with Crippen molar-refractivity contribution in [1.29, 1.82) is 0 Å². The SMILES string of the molecule is Cc1cc(C(O)(OS(C)(=O)=O)C(C)N2CCC(O)(c3ccc(F)cc3)CC2)ccc1O. The van der Waals surface area contributed by atoms with Crippen molar-refractivity contribution in [2.24, 2.45) is 0 Å². The third kappa shape index (κ3) is 5.07. The average molecular weight is 454 g/mol. The molecule has 1 saturated heterocycles. The lowest BCUT2D eigenvalue weighted by Crippen LogP contribution is -2.55. The zero-order chi connectivity index (χ0) is 23.0. The van der Waals surface area contributed by atoms with Crippen molar-refractivity contribution in [3.8, 4) is 5.75 Å². The highest BCUT2D eigenvalue weighted by atomic mass is 32.2. The van der Waals surface area contributed by atoms with Crippen LogP contribution >= 0.6 is 0 Å². The summed E-state index contributed by atoms with van der Waals surface area (Å²) in [5, 5.41) is 32.3. The van der Waals surface area contributed by atoms with Crippen LogP contribution in [-0.4, -0.2) is 54.0 Å². The molecule has 31 heavy (non-hydrogen) atoms. The van der Waals surface area contributed by atoms with Gasteiger partial charge >= 0.3 is 0 Å². The molecule has 0 spiro atoms. The highest BCUT2D eigenvalue weighted by Gasteiger charge is 2.46. The van der Waals surface area contributed by atoms with E-state index in [0.29, 0.717) is 37.1 Å². The number of nitrogens with zero attached hydrogens (tertiary/aromatic N) is 1. The van der Waals surface area contributed by atoms with Gasteiger partial charge in [-0.15, -0.1) is 0 Å². The average Bonchev–Trinajstić information content (AvgIpc) is 2.69. The first-order valence-corrected chi connectivity index (χ1v) is 11.8. The van der Waals surface area contributed by atoms with Crippen LogP contribution in [0.15, 0.2) is 42.5 Å². The van der Waals surface area contributed by atoms with Crippen LogP contribution in [0.5, 0.6) is 5.75 Å². The predicted octanol–water partition coefficient (Wildman–Crippen LogP) is 2.33. The van der Waals surface area contributed by atoms with Crippen molar-refractivity contribution in [3.63, 3.8) is 0 Å². The summed E-state index contributed by atoms with van der Waals surface area (Å²) >= 11 is 0. The van der Waals surface area contributed by atoms with Gasteiger partial charge in [-0.2, -0.15) is 8.42 Å². The van der Waals surface area contributed by atoms with E-state index in [1.54, 1.807) is 26.0 Å². The molecule has 1 fully saturated rings. The number of aryl methyl sites for hydroxylation is 1. The molecule has 2 atom stereocenters. The summed E-state index contributed by atoms with van der Waals surface area (Å²) in [7, 11) is -4.03. The molecule has 1 aliphatic heterocycles. The number of benzene rings is 2. The first kappa shape index (κ1) is 23.6. The van der Waals surface area contributed by atoms with Crippen molar-refractivity contribution in [2.75, 3.05) is 19.3 Å². The van der Waals surface area contributed by atoms with Gasteiger partial charge in [0.25, 0.3) is 10.1 Å². The molecule has 2 aromatic carbocycles. The third-order valence-electron chi connectivity index (χ3n) is 6.01. The normalized spacial score (nSPS) is 20.2. The van der Waals surface area contributed by atoms with Gasteiger partial charge in [0.05, 0.1) is 17.9 Å². The second-order valence-corrected chi connectivity index (χ2v) is 9.81. The highest BCUT2D eigenvalue weighted by Crippen LogP contribution is 2.38. The summed E-state index contributed by atoms with van der Waals surface area (Å²) in [5.41, 5.74) is 0.122. The molecular formula is C22H28FNO6S. The number of aromatic hydroxyl groups is 1. The maximum Gasteiger partial charge on any atom is 0.267 e. The summed E-state index contributed by atoms with van der Waals surface area (Å²) in [6.07, 6.45) is 1.49. The van der Waals surface area contributed by atoms with Gasteiger partial charge in [-0.05, 0) is 68.1 Å². The Morgan fingerprint density at radius 3 is 2.26 bits per heavy atom. The highest BCUT2D eigenvalue weighted by molar-refractivity contribution is 7.86. The van der Waals surface area contributed by atoms with Gasteiger partial charge in [0.2, 0.25) is 5.79 Å². The summed E-state index contributed by atoms with van der Waals surface area (Å²) in [6, 6.07) is 9.19. The predicted molar refractivity (Wildman–Crippen MR) is 113 cm³/mol. The lowest BCUT2D eigenvalue weighted by atomic mass is 9.83. The zero-order valence-corrected chi connectivity index (χ0v) is 18.6. The fourth-order valence-electron chi connectivity index (χ4n) is 4.05. The molecule has 0 bridgehead atoms. The monoisotopic (exact) mass is 453 g/mol. The van der Waals surface area contributed by atoms with Crippen molar-refractivity contribution in [3.05, 3.63) is 65.0 Å². The van der Waals surface area contributed by atoms with Crippen LogP contribution in [-0.2, 0) is 25.7 Å². The van der Waals surface area contributed by atoms with Gasteiger partial charge in [-0.3, -0.25) is 4.90 Å². The topological polar surface area (TPSA) is 107 Å². The Labute approximate surface area is 181 Å². The van der Waals surface area contributed by atoms with E-state index in [1.807, 2.05) is 4.90 Å². The number of aliphatic hydroxyl groups is 2. The number of hydrogen-bond acceptors (Lipinski definition) is 7. The second kappa shape index (κ2) is 8.48. The fourth-order valence-corrected chi connectivity index (χ4v) is 4.74. The summed E-state index contributed by atoms with van der Waals surface area (Å²) in [5.74, 6) is -2.57. The van der Waals surface area contributed by atoms with E-state index in [9.17, 15) is 28.1 Å². The molecule has 0 aromatic heterocycles. The Morgan fingerprint density at radius 2 is 1.74 bits per heavy atom. The van der Waals surface area contributed by atoms with Crippen LogP contribution in [0.3, 0.4) is 0 Å². The molecule has 0 aliphatic carbocycles. The molecule has 3 rings (SSSR count). The van der Waals surface area contributed by atoms with E-state index < -0.39 is 27.5 Å². The van der Waals surface area contributed by atoms with Crippen LogP contribution < -0.4 is 0 Å². The number of piperidine rings is 1. The first-order valence-electron chi connectivity index (χ1n) is 10.00. The third-order valence-corrected chi connectivity index (χ3v) is 6.57. The van der Waals surface area contributed by atoms with Crippen LogP contribution in [0.4, 0.5) is 4.39 Å². The minimum atomic E-state index is -4.03. The van der Waals surface area contributed by atoms with Gasteiger partial charge in [-0.25, -0.2) is 8.57 Å². The summed E-state index contributed by atoms with van der Waals surface area (Å²) in [6.45, 7) is 3.98. The van der Waals surface area contributed by atoms with E-state index >= 15 is 0 Å². The van der Waals surface area contributed by atoms with Crippen LogP contribution in [0.1, 0.15) is 36.5 Å². The van der Waals surface area contributed by atoms with Crippen LogP contribution in [0.2, 0.25) is 0 Å². The fraction of sp³-hybridized carbons (Fsp3) is 0.455. The van der Waals surface area contributed by atoms with Gasteiger partial charge < -0.3 is 15.3 Å². The Bertz CT molecular complexity index is 1030. The van der Waals surface area contributed by atoms with Crippen LogP contribution in [0, 0.1) is 12.7 Å². The largest absolute Gasteiger partial charge is 0.508 e. The van der Waals surface area contributed by atoms with Crippen molar-refractivity contribution in [1.82, 2.24) is 4.90 Å². The Kier molecular flexibility index (Phi) is 6.46. The van der Waals surface area contributed by atoms with Gasteiger partial charge in [0.15, 0.2) is 0 Å². The number of phenols is 1. The maximum absolute atomic E-state index is 13.2. The van der Waals surface area contributed by atoms with E-state index in [1.165, 1.54) is 30.3 Å². The van der Waals surface area contributed by atoms with Crippen molar-refractivity contribution in [2.45, 2.75) is 44.1 Å². The summed E-state index contributed by atoms with van der Waals surface area (Å²) in [4.78, 5) is 1.84. The number of phenolic OH excluding ortho intramolecular Hbond substituents is 1. The van der Waals surface area contributed by atoms with Gasteiger partial charge in [0, 0.05) is 18.7 Å². The molecule has 2 aromatic rings. The Morgan fingerprint density at radius 1 is 1.16 bits per heavy atom. The molecule has 0 amide bonds. The lowest BCUT2D eigenvalue weighted by Gasteiger charge is -2.45. The zero-order valence-electron chi connectivity index (χ0n) is 17.7. The smallest absolute Gasteiger partial charge is 0.267 e. The molecule has 1 aliphatic rings. The quantitative estimate of drug-likeness (QED) is 0.455. The second-order valence-electron chi connectivity index (χ2n) is 8.24. The minimum Gasteiger partial charge on any atom is -0.508 e. The van der Waals surface area contributed by atoms with E-state index in [4.69, 9.17) is 4.18 Å². The van der Waals surface area contributed by atoms with Crippen LogP contribution in [0.25, 0.3) is 0 Å². The minimum absolute atomic E-state index is 0.0143. The Hall–Kier alpha value is -2.04. The molecule has 3 N–H and O–H groups in total. The van der Waals surface area contributed by atoms with E-state index in [0.717, 1.165) is 6.26 Å². The van der Waals surface area contributed by atoms with Crippen molar-refractivity contribution >= 4 is 10.1 Å². The molecule has 1 heterocycles. The van der Waals surface area contributed by atoms with Crippen molar-refractivity contribution < 1.29 is 32.3 Å². The molecule has 2 unspecified atom stereocenters. The number of hydrogen-bond donors (Lipinski definition) is 3. The molecule has 170 valence electrons. The van der Waals surface area contributed by atoms with E-state index in [2.05, 4.69) is 0 Å². The van der Waals surface area contributed by atoms with E-state index in [-0.39, 0.29) is 17.1 Å². The Balaban J connectivity index is 1.86. The van der Waals surface area contributed by atoms with Gasteiger partial charge in [-0.1, -0.05) is 12.1 Å². The molecule has 0 radical (unpaired) electrons.